The molecule has 0 aromatic heterocycles. The average Bonchev–Trinajstić information content (AvgIpc) is 2.41. The van der Waals surface area contributed by atoms with Crippen LogP contribution in [0.2, 0.25) is 0 Å². The van der Waals surface area contributed by atoms with E-state index in [1.807, 2.05) is 0 Å². The van der Waals surface area contributed by atoms with Crippen LogP contribution >= 0.6 is 7.75 Å². The summed E-state index contributed by atoms with van der Waals surface area (Å²) in [5.41, 5.74) is 6.33. The number of benzene rings is 1. The Kier molecular flexibility index (Phi) is 3.92. The van der Waals surface area contributed by atoms with Crippen LogP contribution < -0.4 is 11.1 Å². The topological polar surface area (TPSA) is 133 Å². The molecule has 1 fully saturated rings. The second-order valence-corrected chi connectivity index (χ2v) is 5.89. The molecular weight excluding hydrogens is 285 g/mol. The lowest BCUT2D eigenvalue weighted by atomic mass is 10.1. The number of carbonyl (C=O) groups excluding carboxylic acids is 2. The van der Waals surface area contributed by atoms with Crippen molar-refractivity contribution in [2.45, 2.75) is 12.1 Å². The third-order valence-corrected chi connectivity index (χ3v) is 3.97. The summed E-state index contributed by atoms with van der Waals surface area (Å²) in [5.74, 6) is -1.38. The van der Waals surface area contributed by atoms with Crippen molar-refractivity contribution in [1.29, 1.82) is 0 Å². The normalized spacial score (nSPS) is 20.2. The van der Waals surface area contributed by atoms with Crippen molar-refractivity contribution in [1.82, 2.24) is 9.99 Å². The van der Waals surface area contributed by atoms with E-state index < -0.39 is 31.6 Å². The number of hydrogen-bond acceptors (Lipinski definition) is 4. The molecule has 1 aliphatic rings. The minimum absolute atomic E-state index is 0.226. The van der Waals surface area contributed by atoms with Crippen LogP contribution in [-0.2, 0) is 14.2 Å². The molecule has 2 rings (SSSR count). The lowest BCUT2D eigenvalue weighted by molar-refractivity contribution is -0.141. The Morgan fingerprint density at radius 2 is 2.00 bits per heavy atom. The highest BCUT2D eigenvalue weighted by atomic mass is 31.2. The predicted octanol–water partition coefficient (Wildman–Crippen LogP) is -0.894. The summed E-state index contributed by atoms with van der Waals surface area (Å²) in [4.78, 5) is 41.0. The largest absolute Gasteiger partial charge is 0.432 e. The van der Waals surface area contributed by atoms with Gasteiger partial charge in [0.1, 0.15) is 12.1 Å². The van der Waals surface area contributed by atoms with Gasteiger partial charge in [0.2, 0.25) is 5.91 Å². The van der Waals surface area contributed by atoms with Gasteiger partial charge in [-0.1, -0.05) is 30.3 Å². The molecular formula is C11H14N3O5P. The van der Waals surface area contributed by atoms with E-state index in [0.717, 1.165) is 0 Å². The first-order chi connectivity index (χ1) is 9.30. The molecule has 1 aliphatic heterocycles. The number of nitrogens with two attached hydrogens (primary N) is 1. The molecule has 0 aliphatic carbocycles. The Morgan fingerprint density at radius 3 is 2.50 bits per heavy atom. The van der Waals surface area contributed by atoms with Crippen molar-refractivity contribution in [2.24, 2.45) is 5.73 Å². The maximum absolute atomic E-state index is 11.8. The van der Waals surface area contributed by atoms with Crippen LogP contribution in [0.15, 0.2) is 30.3 Å². The SMILES string of the molecule is NC(C(=O)N[C@@H]1CN(P(=O)(O)O)C1=O)c1ccccc1. The van der Waals surface area contributed by atoms with Crippen molar-refractivity contribution in [3.63, 3.8) is 0 Å². The van der Waals surface area contributed by atoms with Crippen LogP contribution in [0.4, 0.5) is 0 Å². The average molecular weight is 299 g/mol. The number of hydrogen-bond donors (Lipinski definition) is 4. The van der Waals surface area contributed by atoms with Gasteiger partial charge in [-0.05, 0) is 5.56 Å². The fourth-order valence-electron chi connectivity index (χ4n) is 1.82. The number of amides is 2. The highest BCUT2D eigenvalue weighted by molar-refractivity contribution is 7.50. The summed E-state index contributed by atoms with van der Waals surface area (Å²) in [5, 5.41) is 2.37. The van der Waals surface area contributed by atoms with Crippen LogP contribution in [0.1, 0.15) is 11.6 Å². The quantitative estimate of drug-likeness (QED) is 0.421. The Labute approximate surface area is 114 Å². The number of nitrogens with zero attached hydrogens (tertiary/aromatic N) is 1. The zero-order valence-electron chi connectivity index (χ0n) is 10.3. The summed E-state index contributed by atoms with van der Waals surface area (Å²) in [7, 11) is -4.59. The number of rotatable bonds is 4. The predicted molar refractivity (Wildman–Crippen MR) is 69.1 cm³/mol. The van der Waals surface area contributed by atoms with Crippen LogP contribution in [0.3, 0.4) is 0 Å². The monoisotopic (exact) mass is 299 g/mol. The zero-order chi connectivity index (χ0) is 14.9. The number of β-lactam (4-membered cyclic amide) rings is 1. The lowest BCUT2D eigenvalue weighted by Gasteiger charge is -2.38. The highest BCUT2D eigenvalue weighted by Gasteiger charge is 2.46. The molecule has 0 spiro atoms. The third kappa shape index (κ3) is 2.88. The van der Waals surface area contributed by atoms with Gasteiger partial charge >= 0.3 is 7.75 Å². The lowest BCUT2D eigenvalue weighted by Crippen LogP contribution is -2.63. The Balaban J connectivity index is 1.94. The van der Waals surface area contributed by atoms with Crippen molar-refractivity contribution in [2.75, 3.05) is 6.54 Å². The first-order valence-corrected chi connectivity index (χ1v) is 7.35. The van der Waals surface area contributed by atoms with E-state index in [-0.39, 0.29) is 6.54 Å². The molecule has 108 valence electrons. The van der Waals surface area contributed by atoms with Gasteiger partial charge in [0.05, 0.1) is 6.54 Å². The van der Waals surface area contributed by atoms with Gasteiger partial charge < -0.3 is 20.8 Å². The van der Waals surface area contributed by atoms with Crippen LogP contribution in [0.25, 0.3) is 0 Å². The fraction of sp³-hybridized carbons (Fsp3) is 0.273. The maximum atomic E-state index is 11.8. The molecule has 1 aromatic rings. The van der Waals surface area contributed by atoms with Gasteiger partial charge in [-0.2, -0.15) is 0 Å². The van der Waals surface area contributed by atoms with Crippen LogP contribution in [0, 0.1) is 0 Å². The Bertz CT molecular complexity index is 573. The molecule has 1 aromatic carbocycles. The van der Waals surface area contributed by atoms with E-state index >= 15 is 0 Å². The van der Waals surface area contributed by atoms with Crippen molar-refractivity contribution >= 4 is 19.6 Å². The molecule has 0 radical (unpaired) electrons. The summed E-state index contributed by atoms with van der Waals surface area (Å²) in [6.07, 6.45) is 0. The van der Waals surface area contributed by atoms with E-state index in [1.54, 1.807) is 30.3 Å². The summed E-state index contributed by atoms with van der Waals surface area (Å²) in [6.45, 7) is -0.226. The van der Waals surface area contributed by atoms with Crippen LogP contribution in [0.5, 0.6) is 0 Å². The van der Waals surface area contributed by atoms with Crippen molar-refractivity contribution in [3.8, 4) is 0 Å². The second-order valence-electron chi connectivity index (χ2n) is 4.38. The first kappa shape index (κ1) is 14.7. The third-order valence-electron chi connectivity index (χ3n) is 2.98. The van der Waals surface area contributed by atoms with E-state index in [9.17, 15) is 14.2 Å². The fourth-order valence-corrected chi connectivity index (χ4v) is 2.60. The molecule has 0 bridgehead atoms. The van der Waals surface area contributed by atoms with Gasteiger partial charge in [0.25, 0.3) is 5.91 Å². The summed E-state index contributed by atoms with van der Waals surface area (Å²) < 4.78 is 11.3. The first-order valence-electron chi connectivity index (χ1n) is 5.79. The van der Waals surface area contributed by atoms with Gasteiger partial charge in [0, 0.05) is 0 Å². The van der Waals surface area contributed by atoms with Gasteiger partial charge in [-0.15, -0.1) is 0 Å². The molecule has 9 heteroatoms. The van der Waals surface area contributed by atoms with E-state index in [4.69, 9.17) is 15.5 Å². The molecule has 1 heterocycles. The van der Waals surface area contributed by atoms with Crippen LogP contribution in [-0.4, -0.2) is 38.9 Å². The van der Waals surface area contributed by atoms with E-state index in [1.165, 1.54) is 0 Å². The van der Waals surface area contributed by atoms with Crippen molar-refractivity contribution in [3.05, 3.63) is 35.9 Å². The Hall–Kier alpha value is -1.73. The van der Waals surface area contributed by atoms with Gasteiger partial charge in [0.15, 0.2) is 0 Å². The molecule has 1 saturated heterocycles. The number of carbonyl (C=O) groups is 2. The van der Waals surface area contributed by atoms with E-state index in [0.29, 0.717) is 10.2 Å². The van der Waals surface area contributed by atoms with Gasteiger partial charge in [-0.25, -0.2) is 9.24 Å². The Morgan fingerprint density at radius 1 is 1.40 bits per heavy atom. The number of nitrogens with one attached hydrogen (secondary N) is 1. The smallest absolute Gasteiger partial charge is 0.341 e. The minimum atomic E-state index is -4.59. The minimum Gasteiger partial charge on any atom is -0.341 e. The molecule has 2 atom stereocenters. The molecule has 20 heavy (non-hydrogen) atoms. The standard InChI is InChI=1S/C11H14N3O5P/c12-9(7-4-2-1-3-5-7)10(15)13-8-6-14(11(8)16)20(17,18)19/h1-5,8-9H,6,12H2,(H,13,15)(H2,17,18,19)/t8-,9?/m1/s1. The maximum Gasteiger partial charge on any atom is 0.432 e. The van der Waals surface area contributed by atoms with E-state index in [2.05, 4.69) is 5.32 Å². The summed E-state index contributed by atoms with van der Waals surface area (Å²) in [6, 6.07) is 6.71. The highest BCUT2D eigenvalue weighted by Crippen LogP contribution is 2.44. The molecule has 8 nitrogen and oxygen atoms in total. The molecule has 1 unspecified atom stereocenters. The van der Waals surface area contributed by atoms with Gasteiger partial charge in [-0.3, -0.25) is 9.59 Å². The zero-order valence-corrected chi connectivity index (χ0v) is 11.2. The van der Waals surface area contributed by atoms with Crippen molar-refractivity contribution < 1.29 is 23.9 Å². The molecule has 5 N–H and O–H groups in total. The molecule has 2 amide bonds. The summed E-state index contributed by atoms with van der Waals surface area (Å²) >= 11 is 0. The molecule has 0 saturated carbocycles. The second kappa shape index (κ2) is 5.34.